The first-order valence-electron chi connectivity index (χ1n) is 9.12. The van der Waals surface area contributed by atoms with Gasteiger partial charge in [0.2, 0.25) is 0 Å². The number of aromatic nitrogens is 1. The SMILES string of the molecule is Cc1onc(-c2ccccc2)c1C(=O)N/N=C/C1CNNC1c1ccccc1. The molecule has 2 heterocycles. The van der Waals surface area contributed by atoms with Crippen molar-refractivity contribution in [2.45, 2.75) is 13.0 Å². The Morgan fingerprint density at radius 2 is 1.89 bits per heavy atom. The number of hydrazone groups is 1. The van der Waals surface area contributed by atoms with Crippen molar-refractivity contribution in [2.75, 3.05) is 6.54 Å². The van der Waals surface area contributed by atoms with E-state index < -0.39 is 0 Å². The van der Waals surface area contributed by atoms with E-state index in [1.165, 1.54) is 0 Å². The first kappa shape index (κ1) is 18.1. The lowest BCUT2D eigenvalue weighted by Crippen LogP contribution is -2.25. The monoisotopic (exact) mass is 375 g/mol. The number of nitrogens with zero attached hydrogens (tertiary/aromatic N) is 2. The molecule has 1 aliphatic heterocycles. The lowest BCUT2D eigenvalue weighted by Gasteiger charge is -2.14. The van der Waals surface area contributed by atoms with Gasteiger partial charge in [-0.1, -0.05) is 65.8 Å². The van der Waals surface area contributed by atoms with Crippen LogP contribution in [0.2, 0.25) is 0 Å². The van der Waals surface area contributed by atoms with Gasteiger partial charge in [0.05, 0.1) is 6.04 Å². The number of nitrogens with one attached hydrogen (secondary N) is 3. The Labute approximate surface area is 162 Å². The predicted octanol–water partition coefficient (Wildman–Crippen LogP) is 2.83. The minimum atomic E-state index is -0.343. The summed E-state index contributed by atoms with van der Waals surface area (Å²) in [5.41, 5.74) is 11.9. The summed E-state index contributed by atoms with van der Waals surface area (Å²) in [6.07, 6.45) is 1.76. The Hall–Kier alpha value is -3.29. The van der Waals surface area contributed by atoms with Gasteiger partial charge >= 0.3 is 0 Å². The zero-order chi connectivity index (χ0) is 19.3. The van der Waals surface area contributed by atoms with Crippen LogP contribution in [0.25, 0.3) is 11.3 Å². The zero-order valence-corrected chi connectivity index (χ0v) is 15.4. The first-order chi connectivity index (χ1) is 13.7. The minimum absolute atomic E-state index is 0.0964. The van der Waals surface area contributed by atoms with Crippen LogP contribution in [0.3, 0.4) is 0 Å². The second-order valence-corrected chi connectivity index (χ2v) is 6.62. The molecular formula is C21H21N5O2. The van der Waals surface area contributed by atoms with E-state index in [4.69, 9.17) is 4.52 Å². The van der Waals surface area contributed by atoms with Gasteiger partial charge in [-0.3, -0.25) is 10.2 Å². The van der Waals surface area contributed by atoms with Crippen molar-refractivity contribution >= 4 is 12.1 Å². The second kappa shape index (κ2) is 8.16. The molecule has 7 heteroatoms. The molecular weight excluding hydrogens is 354 g/mol. The summed E-state index contributed by atoms with van der Waals surface area (Å²) < 4.78 is 5.24. The summed E-state index contributed by atoms with van der Waals surface area (Å²) >= 11 is 0. The van der Waals surface area contributed by atoms with Crippen LogP contribution < -0.4 is 16.3 Å². The highest BCUT2D eigenvalue weighted by molar-refractivity contribution is 6.00. The fraction of sp³-hybridized carbons (Fsp3) is 0.190. The summed E-state index contributed by atoms with van der Waals surface area (Å²) in [7, 11) is 0. The molecule has 1 aliphatic rings. The van der Waals surface area contributed by atoms with Crippen LogP contribution in [-0.4, -0.2) is 23.8 Å². The van der Waals surface area contributed by atoms with Gasteiger partial charge in [0, 0.05) is 24.2 Å². The average Bonchev–Trinajstić information content (AvgIpc) is 3.36. The van der Waals surface area contributed by atoms with E-state index in [1.54, 1.807) is 13.1 Å². The van der Waals surface area contributed by atoms with Crippen molar-refractivity contribution in [2.24, 2.45) is 11.0 Å². The van der Waals surface area contributed by atoms with Gasteiger partial charge in [-0.25, -0.2) is 10.9 Å². The number of rotatable bonds is 5. The summed E-state index contributed by atoms with van der Waals surface area (Å²) in [5.74, 6) is 0.224. The second-order valence-electron chi connectivity index (χ2n) is 6.62. The van der Waals surface area contributed by atoms with Gasteiger partial charge in [0.1, 0.15) is 17.0 Å². The maximum Gasteiger partial charge on any atom is 0.277 e. The van der Waals surface area contributed by atoms with Gasteiger partial charge in [-0.05, 0) is 12.5 Å². The number of carbonyl (C=O) groups excluding carboxylic acids is 1. The number of carbonyl (C=O) groups is 1. The lowest BCUT2D eigenvalue weighted by molar-refractivity contribution is 0.0954. The Morgan fingerprint density at radius 1 is 1.18 bits per heavy atom. The molecule has 2 atom stereocenters. The third-order valence-corrected chi connectivity index (χ3v) is 4.75. The number of hydrogen-bond donors (Lipinski definition) is 3. The van der Waals surface area contributed by atoms with Gasteiger partial charge < -0.3 is 4.52 Å². The van der Waals surface area contributed by atoms with Crippen molar-refractivity contribution in [1.82, 2.24) is 21.4 Å². The van der Waals surface area contributed by atoms with Crippen LogP contribution in [-0.2, 0) is 0 Å². The van der Waals surface area contributed by atoms with Gasteiger partial charge in [0.15, 0.2) is 0 Å². The molecule has 1 amide bonds. The van der Waals surface area contributed by atoms with E-state index in [0.29, 0.717) is 17.0 Å². The third kappa shape index (κ3) is 3.71. The average molecular weight is 375 g/mol. The van der Waals surface area contributed by atoms with E-state index >= 15 is 0 Å². The molecule has 1 aromatic heterocycles. The highest BCUT2D eigenvalue weighted by Gasteiger charge is 2.27. The van der Waals surface area contributed by atoms with Crippen LogP contribution in [0.4, 0.5) is 0 Å². The lowest BCUT2D eigenvalue weighted by atomic mass is 9.96. The molecule has 0 radical (unpaired) electrons. The molecule has 1 fully saturated rings. The number of amides is 1. The van der Waals surface area contributed by atoms with Crippen LogP contribution in [0.1, 0.15) is 27.7 Å². The predicted molar refractivity (Wildman–Crippen MR) is 106 cm³/mol. The normalized spacial score (nSPS) is 19.2. The molecule has 1 saturated heterocycles. The minimum Gasteiger partial charge on any atom is -0.360 e. The number of hydrogen-bond acceptors (Lipinski definition) is 6. The van der Waals surface area contributed by atoms with Crippen molar-refractivity contribution in [3.05, 3.63) is 77.6 Å². The molecule has 0 aliphatic carbocycles. The summed E-state index contributed by atoms with van der Waals surface area (Å²) in [4.78, 5) is 12.7. The van der Waals surface area contributed by atoms with Crippen molar-refractivity contribution in [1.29, 1.82) is 0 Å². The Bertz CT molecular complexity index is 969. The Balaban J connectivity index is 1.47. The molecule has 2 aromatic carbocycles. The van der Waals surface area contributed by atoms with Gasteiger partial charge in [-0.2, -0.15) is 5.10 Å². The third-order valence-electron chi connectivity index (χ3n) is 4.75. The Morgan fingerprint density at radius 3 is 2.64 bits per heavy atom. The molecule has 7 nitrogen and oxygen atoms in total. The molecule has 0 spiro atoms. The smallest absolute Gasteiger partial charge is 0.277 e. The molecule has 142 valence electrons. The molecule has 3 aromatic rings. The van der Waals surface area contributed by atoms with E-state index in [0.717, 1.165) is 17.7 Å². The van der Waals surface area contributed by atoms with Crippen molar-refractivity contribution in [3.8, 4) is 11.3 Å². The fourth-order valence-electron chi connectivity index (χ4n) is 3.32. The molecule has 0 bridgehead atoms. The van der Waals surface area contributed by atoms with Crippen LogP contribution >= 0.6 is 0 Å². The van der Waals surface area contributed by atoms with E-state index in [2.05, 4.69) is 38.7 Å². The number of aryl methyl sites for hydroxylation is 1. The highest BCUT2D eigenvalue weighted by Crippen LogP contribution is 2.25. The van der Waals surface area contributed by atoms with Gasteiger partial charge in [0.25, 0.3) is 5.91 Å². The quantitative estimate of drug-likeness (QED) is 0.471. The van der Waals surface area contributed by atoms with Crippen LogP contribution in [0, 0.1) is 12.8 Å². The molecule has 4 rings (SSSR count). The van der Waals surface area contributed by atoms with E-state index in [9.17, 15) is 4.79 Å². The molecule has 0 saturated carbocycles. The highest BCUT2D eigenvalue weighted by atomic mass is 16.5. The summed E-state index contributed by atoms with van der Waals surface area (Å²) in [6.45, 7) is 2.44. The largest absolute Gasteiger partial charge is 0.360 e. The maximum atomic E-state index is 12.7. The van der Waals surface area contributed by atoms with Crippen molar-refractivity contribution in [3.63, 3.8) is 0 Å². The molecule has 3 N–H and O–H groups in total. The Kier molecular flexibility index (Phi) is 5.27. The maximum absolute atomic E-state index is 12.7. The molecule has 2 unspecified atom stereocenters. The summed E-state index contributed by atoms with van der Waals surface area (Å²) in [5, 5.41) is 8.22. The molecule has 28 heavy (non-hydrogen) atoms. The zero-order valence-electron chi connectivity index (χ0n) is 15.4. The van der Waals surface area contributed by atoms with Crippen LogP contribution in [0.5, 0.6) is 0 Å². The first-order valence-corrected chi connectivity index (χ1v) is 9.12. The summed E-state index contributed by atoms with van der Waals surface area (Å²) in [6, 6.07) is 19.7. The van der Waals surface area contributed by atoms with E-state index in [-0.39, 0.29) is 17.9 Å². The van der Waals surface area contributed by atoms with Gasteiger partial charge in [-0.15, -0.1) is 0 Å². The van der Waals surface area contributed by atoms with Crippen molar-refractivity contribution < 1.29 is 9.32 Å². The standard InChI is InChI=1S/C21H21N5O2/c1-14-18(20(26-28-14)16-10-6-3-7-11-16)21(27)25-23-13-17-12-22-24-19(17)15-8-4-2-5-9-15/h2-11,13,17,19,22,24H,12H2,1H3,(H,25,27)/b23-13+. The fourth-order valence-corrected chi connectivity index (χ4v) is 3.32. The topological polar surface area (TPSA) is 91.6 Å². The van der Waals surface area contributed by atoms with E-state index in [1.807, 2.05) is 48.5 Å². The number of benzene rings is 2. The number of hydrazine groups is 1. The van der Waals surface area contributed by atoms with Crippen LogP contribution in [0.15, 0.2) is 70.3 Å².